The van der Waals surface area contributed by atoms with Gasteiger partial charge in [0.1, 0.15) is 6.04 Å². The number of aromatic nitrogens is 1. The molecule has 0 bridgehead atoms. The van der Waals surface area contributed by atoms with E-state index >= 15 is 0 Å². The van der Waals surface area contributed by atoms with Crippen molar-refractivity contribution >= 4 is 44.3 Å². The molecule has 1 N–H and O–H groups in total. The Morgan fingerprint density at radius 1 is 1.38 bits per heavy atom. The minimum absolute atomic E-state index is 0.0389. The molecule has 14 heteroatoms. The molecule has 0 aromatic carbocycles. The van der Waals surface area contributed by atoms with E-state index in [1.54, 1.807) is 24.8 Å². The molecule has 186 valence electrons. The third-order valence-corrected chi connectivity index (χ3v) is 8.10. The first kappa shape index (κ1) is 26.1. The molecule has 1 aliphatic heterocycles. The number of nitrogens with zero attached hydrogens (tertiary/aromatic N) is 4. The average Bonchev–Trinajstić information content (AvgIpc) is 3.32. The van der Waals surface area contributed by atoms with Crippen molar-refractivity contribution in [2.75, 3.05) is 30.4 Å². The van der Waals surface area contributed by atoms with Crippen molar-refractivity contribution < 1.29 is 31.2 Å². The summed E-state index contributed by atoms with van der Waals surface area (Å²) in [6.07, 6.45) is -1.54. The number of anilines is 2. The second-order valence-electron chi connectivity index (χ2n) is 8.48. The SMILES string of the molecule is CN(C)S(=O)(=O)Nc1cnccc1CN1CN(c2cc(C(F)(F)F)cs2)C(C(=O)C=O)C1(C)C. The van der Waals surface area contributed by atoms with Gasteiger partial charge in [-0.3, -0.25) is 24.2 Å². The number of carbonyl (C=O) groups excluding carboxylic acids is 2. The number of hydrogen-bond donors (Lipinski definition) is 1. The zero-order chi connectivity index (χ0) is 25.5. The summed E-state index contributed by atoms with van der Waals surface area (Å²) in [6.45, 7) is 3.60. The van der Waals surface area contributed by atoms with Crippen LogP contribution < -0.4 is 9.62 Å². The Balaban J connectivity index is 1.97. The van der Waals surface area contributed by atoms with Gasteiger partial charge in [-0.2, -0.15) is 25.9 Å². The fourth-order valence-electron chi connectivity index (χ4n) is 3.73. The van der Waals surface area contributed by atoms with Crippen LogP contribution in [0.5, 0.6) is 0 Å². The normalized spacial score (nSPS) is 18.9. The molecule has 34 heavy (non-hydrogen) atoms. The van der Waals surface area contributed by atoms with Crippen LogP contribution in [0.15, 0.2) is 29.9 Å². The van der Waals surface area contributed by atoms with Crippen molar-refractivity contribution in [2.24, 2.45) is 0 Å². The average molecular weight is 520 g/mol. The maximum Gasteiger partial charge on any atom is 0.417 e. The summed E-state index contributed by atoms with van der Waals surface area (Å²) in [4.78, 5) is 31.2. The molecule has 1 saturated heterocycles. The van der Waals surface area contributed by atoms with Crippen molar-refractivity contribution in [2.45, 2.75) is 38.1 Å². The third-order valence-electron chi connectivity index (χ3n) is 5.69. The summed E-state index contributed by atoms with van der Waals surface area (Å²) in [5, 5.41) is 1.16. The van der Waals surface area contributed by atoms with Crippen molar-refractivity contribution in [3.05, 3.63) is 41.0 Å². The lowest BCUT2D eigenvalue weighted by molar-refractivity contribution is -0.137. The van der Waals surface area contributed by atoms with E-state index in [-0.39, 0.29) is 30.2 Å². The first-order valence-electron chi connectivity index (χ1n) is 9.98. The second kappa shape index (κ2) is 9.24. The minimum atomic E-state index is -4.54. The molecule has 1 fully saturated rings. The van der Waals surface area contributed by atoms with Crippen LogP contribution in [-0.4, -0.2) is 67.0 Å². The number of alkyl halides is 3. The number of rotatable bonds is 8. The Morgan fingerprint density at radius 2 is 2.06 bits per heavy atom. The highest BCUT2D eigenvalue weighted by atomic mass is 32.2. The van der Waals surface area contributed by atoms with E-state index < -0.39 is 39.3 Å². The van der Waals surface area contributed by atoms with Crippen LogP contribution in [-0.2, 0) is 32.5 Å². The van der Waals surface area contributed by atoms with E-state index in [0.29, 0.717) is 5.56 Å². The van der Waals surface area contributed by atoms with E-state index in [0.717, 1.165) is 27.1 Å². The number of carbonyl (C=O) groups is 2. The number of aldehydes is 1. The Kier molecular flexibility index (Phi) is 7.09. The van der Waals surface area contributed by atoms with Crippen LogP contribution in [0.1, 0.15) is 25.0 Å². The van der Waals surface area contributed by atoms with Gasteiger partial charge in [-0.1, -0.05) is 0 Å². The molecular weight excluding hydrogens is 495 g/mol. The second-order valence-corrected chi connectivity index (χ2v) is 11.3. The van der Waals surface area contributed by atoms with Gasteiger partial charge in [-0.05, 0) is 31.5 Å². The number of hydrogen-bond acceptors (Lipinski definition) is 8. The Hall–Kier alpha value is -2.55. The molecule has 0 spiro atoms. The van der Waals surface area contributed by atoms with Gasteiger partial charge in [0.15, 0.2) is 6.29 Å². The summed E-state index contributed by atoms with van der Waals surface area (Å²) in [5.41, 5.74) is -1.05. The van der Waals surface area contributed by atoms with Gasteiger partial charge in [-0.25, -0.2) is 0 Å². The first-order valence-corrected chi connectivity index (χ1v) is 12.3. The van der Waals surface area contributed by atoms with E-state index in [1.165, 1.54) is 31.4 Å². The summed E-state index contributed by atoms with van der Waals surface area (Å²) in [7, 11) is -1.09. The monoisotopic (exact) mass is 519 g/mol. The predicted octanol–water partition coefficient (Wildman–Crippen LogP) is 2.58. The highest BCUT2D eigenvalue weighted by molar-refractivity contribution is 7.90. The first-order chi connectivity index (χ1) is 15.7. The van der Waals surface area contributed by atoms with Crippen LogP contribution in [0.3, 0.4) is 0 Å². The molecule has 2 aromatic heterocycles. The topological polar surface area (TPSA) is 103 Å². The van der Waals surface area contributed by atoms with E-state index in [1.807, 2.05) is 0 Å². The maximum atomic E-state index is 13.2. The van der Waals surface area contributed by atoms with Gasteiger partial charge in [0.25, 0.3) is 0 Å². The zero-order valence-electron chi connectivity index (χ0n) is 18.8. The molecular formula is C20H24F3N5O4S2. The van der Waals surface area contributed by atoms with Crippen LogP contribution in [0.2, 0.25) is 0 Å². The molecule has 1 aliphatic rings. The number of Topliss-reactive ketones (excluding diaryl/α,β-unsaturated/α-hetero) is 1. The number of nitrogens with one attached hydrogen (secondary N) is 1. The van der Waals surface area contributed by atoms with Gasteiger partial charge in [-0.15, -0.1) is 11.3 Å². The smallest absolute Gasteiger partial charge is 0.338 e. The molecule has 0 saturated carbocycles. The van der Waals surface area contributed by atoms with Gasteiger partial charge < -0.3 is 4.90 Å². The van der Waals surface area contributed by atoms with Gasteiger partial charge >= 0.3 is 16.4 Å². The molecule has 3 rings (SSSR count). The fraction of sp³-hybridized carbons (Fsp3) is 0.450. The predicted molar refractivity (Wildman–Crippen MR) is 122 cm³/mol. The number of thiophene rings is 1. The molecule has 9 nitrogen and oxygen atoms in total. The lowest BCUT2D eigenvalue weighted by Gasteiger charge is -2.34. The van der Waals surface area contributed by atoms with Crippen molar-refractivity contribution in [3.63, 3.8) is 0 Å². The summed E-state index contributed by atoms with van der Waals surface area (Å²) in [6, 6.07) is 1.53. The Bertz CT molecular complexity index is 1180. The molecule has 1 unspecified atom stereocenters. The summed E-state index contributed by atoms with van der Waals surface area (Å²) < 4.78 is 67.5. The van der Waals surface area contributed by atoms with Crippen molar-refractivity contribution in [3.8, 4) is 0 Å². The standard InChI is InChI=1S/C20H24F3N5O4S2/c1-19(2)18(16(30)10-29)28(17-7-14(11-33-17)20(21,22)23)12-27(19)9-13-5-6-24-8-15(13)25-34(31,32)26(3)4/h5-8,10-11,18,25H,9,12H2,1-4H3. The zero-order valence-corrected chi connectivity index (χ0v) is 20.5. The Labute approximate surface area is 199 Å². The van der Waals surface area contributed by atoms with Gasteiger partial charge in [0.05, 0.1) is 29.1 Å². The third kappa shape index (κ3) is 5.09. The number of ketones is 1. The fourth-order valence-corrected chi connectivity index (χ4v) is 5.32. The number of halogens is 3. The molecule has 0 amide bonds. The quantitative estimate of drug-likeness (QED) is 0.422. The molecule has 3 heterocycles. The van der Waals surface area contributed by atoms with Gasteiger partial charge in [0, 0.05) is 37.8 Å². The largest absolute Gasteiger partial charge is 0.417 e. The lowest BCUT2D eigenvalue weighted by atomic mass is 9.91. The molecule has 2 aromatic rings. The number of pyridine rings is 1. The molecule has 1 atom stereocenters. The van der Waals surface area contributed by atoms with Crippen LogP contribution in [0.25, 0.3) is 0 Å². The van der Waals surface area contributed by atoms with E-state index in [4.69, 9.17) is 0 Å². The van der Waals surface area contributed by atoms with Gasteiger partial charge in [0.2, 0.25) is 5.78 Å². The summed E-state index contributed by atoms with van der Waals surface area (Å²) >= 11 is 0.833. The molecule has 0 radical (unpaired) electrons. The highest BCUT2D eigenvalue weighted by Crippen LogP contribution is 2.42. The molecule has 0 aliphatic carbocycles. The minimum Gasteiger partial charge on any atom is -0.338 e. The van der Waals surface area contributed by atoms with Crippen LogP contribution >= 0.6 is 11.3 Å². The summed E-state index contributed by atoms with van der Waals surface area (Å²) in [5.74, 6) is -0.766. The van der Waals surface area contributed by atoms with Crippen LogP contribution in [0, 0.1) is 0 Å². The van der Waals surface area contributed by atoms with E-state index in [9.17, 15) is 31.2 Å². The van der Waals surface area contributed by atoms with Crippen LogP contribution in [0.4, 0.5) is 23.9 Å². The van der Waals surface area contributed by atoms with Crippen molar-refractivity contribution in [1.29, 1.82) is 0 Å². The maximum absolute atomic E-state index is 13.2. The van der Waals surface area contributed by atoms with E-state index in [2.05, 4.69) is 9.71 Å². The Morgan fingerprint density at radius 3 is 2.62 bits per heavy atom. The highest BCUT2D eigenvalue weighted by Gasteiger charge is 2.50. The lowest BCUT2D eigenvalue weighted by Crippen LogP contribution is -2.51. The van der Waals surface area contributed by atoms with Crippen molar-refractivity contribution in [1.82, 2.24) is 14.2 Å².